The van der Waals surface area contributed by atoms with Crippen LogP contribution in [0.4, 0.5) is 0 Å². The first kappa shape index (κ1) is 14.9. The first-order chi connectivity index (χ1) is 8.32. The van der Waals surface area contributed by atoms with Gasteiger partial charge >= 0.3 is 5.97 Å². The monoisotopic (exact) mass is 363 g/mol. The van der Waals surface area contributed by atoms with Crippen molar-refractivity contribution in [1.82, 2.24) is 5.32 Å². The molecule has 1 aromatic carbocycles. The van der Waals surface area contributed by atoms with Crippen molar-refractivity contribution in [3.8, 4) is 0 Å². The SMILES string of the molecule is CC(O)(CNC(=O)c1ccccc1I)CC(=O)O. The number of rotatable bonds is 5. The second kappa shape index (κ2) is 6.14. The molecule has 1 unspecified atom stereocenters. The van der Waals surface area contributed by atoms with Crippen LogP contribution in [0.3, 0.4) is 0 Å². The Hall–Kier alpha value is -1.15. The number of hydrogen-bond donors (Lipinski definition) is 3. The molecule has 0 heterocycles. The van der Waals surface area contributed by atoms with E-state index >= 15 is 0 Å². The third-order valence-corrected chi connectivity index (χ3v) is 3.22. The maximum absolute atomic E-state index is 11.8. The van der Waals surface area contributed by atoms with Gasteiger partial charge < -0.3 is 15.5 Å². The number of carbonyl (C=O) groups excluding carboxylic acids is 1. The van der Waals surface area contributed by atoms with Crippen molar-refractivity contribution in [3.63, 3.8) is 0 Å². The summed E-state index contributed by atoms with van der Waals surface area (Å²) in [6, 6.07) is 7.03. The van der Waals surface area contributed by atoms with Gasteiger partial charge in [0.2, 0.25) is 0 Å². The summed E-state index contributed by atoms with van der Waals surface area (Å²) in [7, 11) is 0. The fourth-order valence-electron chi connectivity index (χ4n) is 1.40. The van der Waals surface area contributed by atoms with Crippen LogP contribution in [0.25, 0.3) is 0 Å². The minimum Gasteiger partial charge on any atom is -0.481 e. The van der Waals surface area contributed by atoms with E-state index in [0.29, 0.717) is 5.56 Å². The van der Waals surface area contributed by atoms with Gasteiger partial charge in [0.15, 0.2) is 0 Å². The second-order valence-electron chi connectivity index (χ2n) is 4.23. The average molecular weight is 363 g/mol. The number of nitrogens with one attached hydrogen (secondary N) is 1. The molecule has 1 atom stereocenters. The highest BCUT2D eigenvalue weighted by atomic mass is 127. The van der Waals surface area contributed by atoms with Crippen molar-refractivity contribution >= 4 is 34.5 Å². The molecule has 1 rings (SSSR count). The maximum Gasteiger partial charge on any atom is 0.306 e. The second-order valence-corrected chi connectivity index (χ2v) is 5.39. The predicted octanol–water partition coefficient (Wildman–Crippen LogP) is 1.25. The van der Waals surface area contributed by atoms with Gasteiger partial charge in [0.05, 0.1) is 17.6 Å². The minimum absolute atomic E-state index is 0.108. The van der Waals surface area contributed by atoms with Crippen molar-refractivity contribution < 1.29 is 19.8 Å². The van der Waals surface area contributed by atoms with Crippen LogP contribution in [0.2, 0.25) is 0 Å². The van der Waals surface area contributed by atoms with E-state index in [1.165, 1.54) is 6.92 Å². The Balaban J connectivity index is 2.62. The summed E-state index contributed by atoms with van der Waals surface area (Å²) in [5, 5.41) is 20.9. The van der Waals surface area contributed by atoms with Gasteiger partial charge in [-0.15, -0.1) is 0 Å². The Kier molecular flexibility index (Phi) is 5.09. The van der Waals surface area contributed by atoms with Crippen LogP contribution in [0.5, 0.6) is 0 Å². The molecular formula is C12H14INO4. The number of carbonyl (C=O) groups is 2. The summed E-state index contributed by atoms with van der Waals surface area (Å²) in [6.45, 7) is 1.26. The smallest absolute Gasteiger partial charge is 0.306 e. The van der Waals surface area contributed by atoms with E-state index in [1.807, 2.05) is 28.7 Å². The lowest BCUT2D eigenvalue weighted by atomic mass is 10.0. The van der Waals surface area contributed by atoms with Gasteiger partial charge in [-0.3, -0.25) is 9.59 Å². The van der Waals surface area contributed by atoms with E-state index < -0.39 is 18.0 Å². The average Bonchev–Trinajstić information content (AvgIpc) is 2.25. The van der Waals surface area contributed by atoms with Crippen molar-refractivity contribution in [2.45, 2.75) is 18.9 Å². The van der Waals surface area contributed by atoms with Crippen LogP contribution in [-0.4, -0.2) is 34.2 Å². The fourth-order valence-corrected chi connectivity index (χ4v) is 2.03. The van der Waals surface area contributed by atoms with Gasteiger partial charge in [-0.1, -0.05) is 12.1 Å². The lowest BCUT2D eigenvalue weighted by molar-refractivity contribution is -0.141. The molecule has 0 bridgehead atoms. The van der Waals surface area contributed by atoms with Crippen LogP contribution in [0, 0.1) is 3.57 Å². The topological polar surface area (TPSA) is 86.6 Å². The summed E-state index contributed by atoms with van der Waals surface area (Å²) in [6.07, 6.45) is -0.417. The van der Waals surface area contributed by atoms with Gasteiger partial charge in [0.1, 0.15) is 0 Å². The van der Waals surface area contributed by atoms with Gasteiger partial charge in [0.25, 0.3) is 5.91 Å². The molecular weight excluding hydrogens is 349 g/mol. The summed E-state index contributed by atoms with van der Waals surface area (Å²) in [5.41, 5.74) is -0.953. The molecule has 0 aliphatic carbocycles. The van der Waals surface area contributed by atoms with E-state index in [2.05, 4.69) is 5.32 Å². The van der Waals surface area contributed by atoms with E-state index in [4.69, 9.17) is 5.11 Å². The van der Waals surface area contributed by atoms with Gasteiger partial charge in [-0.05, 0) is 41.6 Å². The lowest BCUT2D eigenvalue weighted by Gasteiger charge is -2.21. The number of carboxylic acid groups (broad SMARTS) is 1. The molecule has 0 aliphatic rings. The Morgan fingerprint density at radius 2 is 2.00 bits per heavy atom. The zero-order valence-corrected chi connectivity index (χ0v) is 12.0. The molecule has 0 aliphatic heterocycles. The van der Waals surface area contributed by atoms with Gasteiger partial charge in [-0.2, -0.15) is 0 Å². The lowest BCUT2D eigenvalue weighted by Crippen LogP contribution is -2.42. The number of aliphatic hydroxyl groups is 1. The van der Waals surface area contributed by atoms with E-state index in [-0.39, 0.29) is 12.5 Å². The zero-order valence-electron chi connectivity index (χ0n) is 9.81. The number of halogens is 1. The summed E-state index contributed by atoms with van der Waals surface area (Å²) in [5.74, 6) is -1.44. The van der Waals surface area contributed by atoms with Crippen molar-refractivity contribution in [2.24, 2.45) is 0 Å². The third-order valence-electron chi connectivity index (χ3n) is 2.28. The van der Waals surface area contributed by atoms with Crippen LogP contribution in [-0.2, 0) is 4.79 Å². The van der Waals surface area contributed by atoms with E-state index in [0.717, 1.165) is 3.57 Å². The highest BCUT2D eigenvalue weighted by Crippen LogP contribution is 2.12. The molecule has 1 aromatic rings. The van der Waals surface area contributed by atoms with Crippen LogP contribution < -0.4 is 5.32 Å². The highest BCUT2D eigenvalue weighted by molar-refractivity contribution is 14.1. The summed E-state index contributed by atoms with van der Waals surface area (Å²) in [4.78, 5) is 22.3. The molecule has 98 valence electrons. The molecule has 1 amide bonds. The number of hydrogen-bond acceptors (Lipinski definition) is 3. The van der Waals surface area contributed by atoms with Crippen molar-refractivity contribution in [1.29, 1.82) is 0 Å². The fraction of sp³-hybridized carbons (Fsp3) is 0.333. The molecule has 0 radical (unpaired) electrons. The Morgan fingerprint density at radius 1 is 1.39 bits per heavy atom. The first-order valence-electron chi connectivity index (χ1n) is 5.29. The molecule has 0 saturated heterocycles. The normalized spacial score (nSPS) is 13.7. The molecule has 0 saturated carbocycles. The largest absolute Gasteiger partial charge is 0.481 e. The van der Waals surface area contributed by atoms with Gasteiger partial charge in [-0.25, -0.2) is 0 Å². The Labute approximate surface area is 118 Å². The van der Waals surface area contributed by atoms with Crippen molar-refractivity contribution in [2.75, 3.05) is 6.54 Å². The van der Waals surface area contributed by atoms with Crippen LogP contribution in [0.15, 0.2) is 24.3 Å². The molecule has 5 nitrogen and oxygen atoms in total. The molecule has 3 N–H and O–H groups in total. The van der Waals surface area contributed by atoms with E-state index in [9.17, 15) is 14.7 Å². The summed E-state index contributed by atoms with van der Waals surface area (Å²) < 4.78 is 0.797. The first-order valence-corrected chi connectivity index (χ1v) is 6.36. The molecule has 0 fully saturated rings. The summed E-state index contributed by atoms with van der Waals surface area (Å²) >= 11 is 2.04. The number of amides is 1. The minimum atomic E-state index is -1.46. The quantitative estimate of drug-likeness (QED) is 0.688. The Bertz CT molecular complexity index is 459. The molecule has 18 heavy (non-hydrogen) atoms. The third kappa shape index (κ3) is 4.61. The molecule has 0 spiro atoms. The number of benzene rings is 1. The van der Waals surface area contributed by atoms with Crippen LogP contribution >= 0.6 is 22.6 Å². The Morgan fingerprint density at radius 3 is 2.56 bits per heavy atom. The predicted molar refractivity (Wildman–Crippen MR) is 74.4 cm³/mol. The van der Waals surface area contributed by atoms with Gasteiger partial charge in [0, 0.05) is 10.1 Å². The van der Waals surface area contributed by atoms with E-state index in [1.54, 1.807) is 18.2 Å². The number of aliphatic carboxylic acids is 1. The van der Waals surface area contributed by atoms with Crippen LogP contribution in [0.1, 0.15) is 23.7 Å². The standard InChI is InChI=1S/C12H14INO4/c1-12(18,6-10(15)16)7-14-11(17)8-4-2-3-5-9(8)13/h2-5,18H,6-7H2,1H3,(H,14,17)(H,15,16). The maximum atomic E-state index is 11.8. The zero-order chi connectivity index (χ0) is 13.8. The number of carboxylic acids is 1. The molecule has 6 heteroatoms. The molecule has 0 aromatic heterocycles. The highest BCUT2D eigenvalue weighted by Gasteiger charge is 2.25. The van der Waals surface area contributed by atoms with Crippen molar-refractivity contribution in [3.05, 3.63) is 33.4 Å².